The molecule has 1 fully saturated rings. The number of thioether (sulfide) groups is 1. The molecular formula is C28H51N3O3S. The quantitative estimate of drug-likeness (QED) is 0.486. The van der Waals surface area contributed by atoms with Gasteiger partial charge in [0.15, 0.2) is 0 Å². The van der Waals surface area contributed by atoms with E-state index in [-0.39, 0.29) is 17.4 Å². The fourth-order valence-corrected chi connectivity index (χ4v) is 4.24. The molecule has 35 heavy (non-hydrogen) atoms. The Morgan fingerprint density at radius 3 is 2.11 bits per heavy atom. The van der Waals surface area contributed by atoms with Gasteiger partial charge in [0.05, 0.1) is 12.0 Å². The van der Waals surface area contributed by atoms with Crippen LogP contribution in [-0.4, -0.2) is 54.8 Å². The predicted octanol–water partition coefficient (Wildman–Crippen LogP) is 5.66. The van der Waals surface area contributed by atoms with Crippen LogP contribution in [0.3, 0.4) is 0 Å². The van der Waals surface area contributed by atoms with Gasteiger partial charge in [0.1, 0.15) is 6.79 Å². The average Bonchev–Trinajstić information content (AvgIpc) is 3.45. The minimum Gasteiger partial charge on any atom is -0.391 e. The van der Waals surface area contributed by atoms with Crippen LogP contribution in [0.2, 0.25) is 0 Å². The number of hydrogen-bond acceptors (Lipinski definition) is 6. The third-order valence-corrected chi connectivity index (χ3v) is 5.81. The molecule has 0 bridgehead atoms. The normalized spacial score (nSPS) is 16.3. The average molecular weight is 510 g/mol. The van der Waals surface area contributed by atoms with Gasteiger partial charge in [-0.05, 0) is 36.9 Å². The minimum atomic E-state index is -0.302. The van der Waals surface area contributed by atoms with Crippen LogP contribution in [0.25, 0.3) is 4.91 Å². The first-order valence-electron chi connectivity index (χ1n) is 12.7. The second kappa shape index (κ2) is 20.4. The summed E-state index contributed by atoms with van der Waals surface area (Å²) < 4.78 is 0. The Kier molecular flexibility index (Phi) is 20.6. The highest BCUT2D eigenvalue weighted by Crippen LogP contribution is 2.33. The smallest absolute Gasteiger partial charge is 0.223 e. The van der Waals surface area contributed by atoms with Crippen LogP contribution in [0.4, 0.5) is 0 Å². The van der Waals surface area contributed by atoms with Crippen LogP contribution in [0, 0.1) is 5.41 Å². The molecule has 1 saturated heterocycles. The van der Waals surface area contributed by atoms with E-state index >= 15 is 0 Å². The lowest BCUT2D eigenvalue weighted by atomic mass is 9.92. The van der Waals surface area contributed by atoms with Gasteiger partial charge in [0.2, 0.25) is 5.91 Å². The standard InChI is InChI=1S/C12H16N2S.C10H19NO2.C3H8.C2H6.CH2O/c1-9-12(15-8-14-9)11-5-3-10(4-6-11)7-13-2;1-10(2,3)6-9(13)11-5-4-8(12)7-11;1-3-2;2*1-2/h3-6,13-14H,7-8H2,1-2H3;8,12H,4-7H2,1-3H3;3H2,1-2H3;1-2H3;1H2. The lowest BCUT2D eigenvalue weighted by Gasteiger charge is -2.22. The molecule has 6 nitrogen and oxygen atoms in total. The molecule has 2 aliphatic heterocycles. The molecule has 202 valence electrons. The Morgan fingerprint density at radius 1 is 1.20 bits per heavy atom. The molecule has 1 atom stereocenters. The van der Waals surface area contributed by atoms with E-state index in [1.807, 2.05) is 39.4 Å². The molecule has 0 radical (unpaired) electrons. The first kappa shape index (κ1) is 35.3. The third-order valence-electron chi connectivity index (χ3n) is 4.69. The second-order valence-corrected chi connectivity index (χ2v) is 10.4. The van der Waals surface area contributed by atoms with Crippen molar-refractivity contribution in [2.75, 3.05) is 26.0 Å². The number of nitrogens with one attached hydrogen (secondary N) is 2. The summed E-state index contributed by atoms with van der Waals surface area (Å²) in [4.78, 5) is 22.8. The van der Waals surface area contributed by atoms with Gasteiger partial charge in [-0.2, -0.15) is 0 Å². The molecule has 0 saturated carbocycles. The van der Waals surface area contributed by atoms with Gasteiger partial charge < -0.3 is 25.4 Å². The van der Waals surface area contributed by atoms with Crippen molar-refractivity contribution in [1.29, 1.82) is 0 Å². The van der Waals surface area contributed by atoms with Gasteiger partial charge in [-0.1, -0.05) is 79.2 Å². The minimum absolute atomic E-state index is 0.0463. The number of aliphatic hydroxyl groups excluding tert-OH is 1. The molecule has 1 aromatic carbocycles. The van der Waals surface area contributed by atoms with Crippen molar-refractivity contribution >= 4 is 29.4 Å². The first-order valence-corrected chi connectivity index (χ1v) is 13.7. The van der Waals surface area contributed by atoms with Crippen LogP contribution in [0.15, 0.2) is 30.0 Å². The summed E-state index contributed by atoms with van der Waals surface area (Å²) in [6.07, 6.45) is 2.25. The van der Waals surface area contributed by atoms with E-state index in [4.69, 9.17) is 4.79 Å². The molecule has 2 heterocycles. The van der Waals surface area contributed by atoms with E-state index in [9.17, 15) is 9.90 Å². The number of carbonyl (C=O) groups is 2. The predicted molar refractivity (Wildman–Crippen MR) is 153 cm³/mol. The summed E-state index contributed by atoms with van der Waals surface area (Å²) in [7, 11) is 1.97. The van der Waals surface area contributed by atoms with Gasteiger partial charge in [0, 0.05) is 36.7 Å². The number of carbonyl (C=O) groups excluding carboxylic acids is 2. The number of allylic oxidation sites excluding steroid dienone is 1. The largest absolute Gasteiger partial charge is 0.391 e. The number of amides is 1. The van der Waals surface area contributed by atoms with Gasteiger partial charge >= 0.3 is 0 Å². The van der Waals surface area contributed by atoms with Gasteiger partial charge in [0.25, 0.3) is 0 Å². The summed E-state index contributed by atoms with van der Waals surface area (Å²) in [6, 6.07) is 8.77. The molecule has 0 spiro atoms. The number of rotatable bonds is 4. The molecule has 7 heteroatoms. The zero-order chi connectivity index (χ0) is 27.4. The van der Waals surface area contributed by atoms with Gasteiger partial charge in [-0.15, -0.1) is 11.8 Å². The fraction of sp³-hybridized carbons (Fsp3) is 0.643. The number of β-amino-alcohol motifs (C(OH)–C–C–N with tert-alkyl or cyclic N) is 1. The topological polar surface area (TPSA) is 81.7 Å². The van der Waals surface area contributed by atoms with Crippen LogP contribution >= 0.6 is 11.8 Å². The monoisotopic (exact) mass is 509 g/mol. The number of nitrogens with zero attached hydrogens (tertiary/aromatic N) is 1. The molecule has 1 unspecified atom stereocenters. The summed E-state index contributed by atoms with van der Waals surface area (Å²) in [5.41, 5.74) is 3.99. The lowest BCUT2D eigenvalue weighted by molar-refractivity contribution is -0.132. The van der Waals surface area contributed by atoms with Gasteiger partial charge in [-0.3, -0.25) is 4.79 Å². The Balaban J connectivity index is 0. The van der Waals surface area contributed by atoms with E-state index in [0.29, 0.717) is 13.0 Å². The molecule has 0 aliphatic carbocycles. The maximum Gasteiger partial charge on any atom is 0.223 e. The third kappa shape index (κ3) is 15.7. The maximum absolute atomic E-state index is 11.6. The highest BCUT2D eigenvalue weighted by molar-refractivity contribution is 8.08. The van der Waals surface area contributed by atoms with E-state index in [1.165, 1.54) is 28.1 Å². The first-order chi connectivity index (χ1) is 16.6. The molecule has 1 amide bonds. The molecule has 0 aromatic heterocycles. The lowest BCUT2D eigenvalue weighted by Crippen LogP contribution is -2.32. The van der Waals surface area contributed by atoms with Crippen LogP contribution in [-0.2, 0) is 16.1 Å². The van der Waals surface area contributed by atoms with Crippen molar-refractivity contribution in [3.63, 3.8) is 0 Å². The highest BCUT2D eigenvalue weighted by Gasteiger charge is 2.27. The highest BCUT2D eigenvalue weighted by atomic mass is 32.2. The van der Waals surface area contributed by atoms with Crippen LogP contribution in [0.1, 0.15) is 85.8 Å². The zero-order valence-corrected chi connectivity index (χ0v) is 24.5. The van der Waals surface area contributed by atoms with Crippen molar-refractivity contribution in [3.8, 4) is 0 Å². The second-order valence-electron chi connectivity index (χ2n) is 9.37. The zero-order valence-electron chi connectivity index (χ0n) is 23.7. The molecule has 3 N–H and O–H groups in total. The number of aliphatic hydroxyl groups is 1. The summed E-state index contributed by atoms with van der Waals surface area (Å²) in [5.74, 6) is 1.17. The Bertz CT molecular complexity index is 715. The van der Waals surface area contributed by atoms with Crippen LogP contribution in [0.5, 0.6) is 0 Å². The van der Waals surface area contributed by atoms with Gasteiger partial charge in [-0.25, -0.2) is 0 Å². The molecular weight excluding hydrogens is 458 g/mol. The molecule has 3 rings (SSSR count). The van der Waals surface area contributed by atoms with Crippen molar-refractivity contribution in [2.24, 2.45) is 5.41 Å². The van der Waals surface area contributed by atoms with Crippen molar-refractivity contribution in [3.05, 3.63) is 41.1 Å². The van der Waals surface area contributed by atoms with Crippen LogP contribution < -0.4 is 10.6 Å². The van der Waals surface area contributed by atoms with E-state index in [2.05, 4.69) is 76.4 Å². The number of benzene rings is 1. The molecule has 1 aromatic rings. The summed E-state index contributed by atoms with van der Waals surface area (Å²) >= 11 is 1.88. The molecule has 2 aliphatic rings. The Morgan fingerprint density at radius 2 is 1.74 bits per heavy atom. The SMILES string of the molecule is C=O.CC.CC(C)(C)CC(=O)N1CCC(O)C1.CCC.CNCc1ccc(C2=C(C)NCS2)cc1. The Labute approximate surface area is 219 Å². The maximum atomic E-state index is 11.6. The van der Waals surface area contributed by atoms with E-state index < -0.39 is 0 Å². The van der Waals surface area contributed by atoms with Crippen molar-refractivity contribution in [2.45, 2.75) is 87.3 Å². The number of likely N-dealkylation sites (tertiary alicyclic amines) is 1. The number of hydrogen-bond donors (Lipinski definition) is 3. The van der Waals surface area contributed by atoms with E-state index in [0.717, 1.165) is 25.4 Å². The fourth-order valence-electron chi connectivity index (χ4n) is 3.22. The summed E-state index contributed by atoms with van der Waals surface area (Å²) in [5, 5.41) is 15.7. The van der Waals surface area contributed by atoms with E-state index in [1.54, 1.807) is 4.90 Å². The van der Waals surface area contributed by atoms with Crippen molar-refractivity contribution < 1.29 is 14.7 Å². The van der Waals surface area contributed by atoms with Crippen molar-refractivity contribution in [1.82, 2.24) is 15.5 Å². The summed E-state index contributed by atoms with van der Waals surface area (Å²) in [6.45, 7) is 20.7. The Hall–Kier alpha value is -1.83.